The molecule has 6 nitrogen and oxygen atoms in total. The lowest BCUT2D eigenvalue weighted by Gasteiger charge is -2.34. The fourth-order valence-corrected chi connectivity index (χ4v) is 4.89. The molecule has 1 aromatic carbocycles. The van der Waals surface area contributed by atoms with E-state index in [2.05, 4.69) is 15.2 Å². The number of carbonyl (C=O) groups is 2. The Kier molecular flexibility index (Phi) is 6.96. The fraction of sp³-hybridized carbons (Fsp3) is 0.286. The lowest BCUT2D eigenvalue weighted by atomic mass is 10.1. The maximum absolute atomic E-state index is 14.0. The molecule has 10 heteroatoms. The number of thiazole rings is 1. The molecule has 2 aromatic heterocycles. The normalized spacial score (nSPS) is 14.6. The van der Waals surface area contributed by atoms with Gasteiger partial charge in [-0.15, -0.1) is 22.7 Å². The largest absolute Gasteiger partial charge is 0.340 e. The smallest absolute Gasteiger partial charge is 0.267 e. The van der Waals surface area contributed by atoms with Gasteiger partial charge in [0.2, 0.25) is 5.91 Å². The molecule has 31 heavy (non-hydrogen) atoms. The maximum Gasteiger partial charge on any atom is 0.267 e. The predicted octanol–water partition coefficient (Wildman–Crippen LogP) is 4.14. The first-order valence-corrected chi connectivity index (χ1v) is 11.9. The van der Waals surface area contributed by atoms with Crippen LogP contribution in [0.4, 0.5) is 9.52 Å². The highest BCUT2D eigenvalue weighted by molar-refractivity contribution is 7.14. The van der Waals surface area contributed by atoms with Gasteiger partial charge in [0.15, 0.2) is 5.13 Å². The van der Waals surface area contributed by atoms with Gasteiger partial charge in [-0.05, 0) is 23.6 Å². The molecule has 0 bridgehead atoms. The van der Waals surface area contributed by atoms with E-state index in [4.69, 9.17) is 11.6 Å². The van der Waals surface area contributed by atoms with Crippen LogP contribution in [-0.2, 0) is 17.8 Å². The average molecular weight is 479 g/mol. The Hall–Kier alpha value is -2.33. The van der Waals surface area contributed by atoms with Crippen molar-refractivity contribution in [3.63, 3.8) is 0 Å². The molecule has 0 unspecified atom stereocenters. The monoisotopic (exact) mass is 478 g/mol. The Labute approximate surface area is 192 Å². The average Bonchev–Trinajstić information content (AvgIpc) is 3.44. The number of halogens is 2. The number of nitrogens with one attached hydrogen (secondary N) is 1. The molecule has 3 heterocycles. The van der Waals surface area contributed by atoms with E-state index in [1.165, 1.54) is 28.7 Å². The van der Waals surface area contributed by atoms with Gasteiger partial charge < -0.3 is 4.90 Å². The molecule has 1 saturated heterocycles. The maximum atomic E-state index is 14.0. The Bertz CT molecular complexity index is 1050. The summed E-state index contributed by atoms with van der Waals surface area (Å²) >= 11 is 8.78. The Balaban J connectivity index is 1.27. The summed E-state index contributed by atoms with van der Waals surface area (Å²) in [4.78, 5) is 33.6. The molecule has 2 amide bonds. The molecule has 1 N–H and O–H groups in total. The molecule has 1 aliphatic heterocycles. The Morgan fingerprint density at radius 2 is 1.94 bits per heavy atom. The first-order valence-electron chi connectivity index (χ1n) is 9.72. The second-order valence-corrected chi connectivity index (χ2v) is 9.32. The van der Waals surface area contributed by atoms with Crippen molar-refractivity contribution in [3.8, 4) is 0 Å². The summed E-state index contributed by atoms with van der Waals surface area (Å²) in [7, 11) is 0. The summed E-state index contributed by atoms with van der Waals surface area (Å²) in [6, 6.07) is 8.25. The summed E-state index contributed by atoms with van der Waals surface area (Å²) in [5, 5.41) is 7.29. The highest BCUT2D eigenvalue weighted by atomic mass is 35.5. The van der Waals surface area contributed by atoms with Crippen LogP contribution in [0, 0.1) is 5.82 Å². The second kappa shape index (κ2) is 9.86. The van der Waals surface area contributed by atoms with E-state index in [1.54, 1.807) is 28.5 Å². The first kappa shape index (κ1) is 21.9. The number of aromatic nitrogens is 1. The summed E-state index contributed by atoms with van der Waals surface area (Å²) in [5.74, 6) is -0.519. The summed E-state index contributed by atoms with van der Waals surface area (Å²) in [6.45, 7) is 2.85. The van der Waals surface area contributed by atoms with Gasteiger partial charge >= 0.3 is 0 Å². The number of hydrogen-bond donors (Lipinski definition) is 1. The van der Waals surface area contributed by atoms with Crippen molar-refractivity contribution < 1.29 is 14.0 Å². The van der Waals surface area contributed by atoms with Gasteiger partial charge in [-0.25, -0.2) is 9.37 Å². The Morgan fingerprint density at radius 3 is 2.65 bits per heavy atom. The number of hydrogen-bond acceptors (Lipinski definition) is 6. The number of amides is 2. The van der Waals surface area contributed by atoms with E-state index in [0.29, 0.717) is 59.0 Å². The highest BCUT2D eigenvalue weighted by Crippen LogP contribution is 2.22. The van der Waals surface area contributed by atoms with Crippen molar-refractivity contribution >= 4 is 51.2 Å². The molecule has 0 aliphatic carbocycles. The van der Waals surface area contributed by atoms with Crippen LogP contribution >= 0.6 is 34.3 Å². The lowest BCUT2D eigenvalue weighted by Crippen LogP contribution is -2.48. The molecular weight excluding hydrogens is 459 g/mol. The zero-order valence-electron chi connectivity index (χ0n) is 16.5. The molecule has 162 valence electrons. The number of piperazine rings is 1. The number of anilines is 1. The van der Waals surface area contributed by atoms with Crippen LogP contribution in [0.2, 0.25) is 5.02 Å². The quantitative estimate of drug-likeness (QED) is 0.578. The van der Waals surface area contributed by atoms with Crippen molar-refractivity contribution in [2.24, 2.45) is 0 Å². The number of rotatable bonds is 6. The zero-order valence-corrected chi connectivity index (χ0v) is 18.9. The molecule has 0 atom stereocenters. The van der Waals surface area contributed by atoms with Crippen molar-refractivity contribution in [2.75, 3.05) is 31.5 Å². The molecule has 1 fully saturated rings. The van der Waals surface area contributed by atoms with Crippen LogP contribution < -0.4 is 5.32 Å². The first-order chi connectivity index (χ1) is 15.0. The predicted molar refractivity (Wildman–Crippen MR) is 121 cm³/mol. The van der Waals surface area contributed by atoms with E-state index < -0.39 is 0 Å². The van der Waals surface area contributed by atoms with E-state index in [0.717, 1.165) is 0 Å². The number of carbonyl (C=O) groups excluding carboxylic acids is 2. The van der Waals surface area contributed by atoms with Crippen molar-refractivity contribution in [1.82, 2.24) is 14.8 Å². The van der Waals surface area contributed by atoms with Gasteiger partial charge in [0.25, 0.3) is 5.91 Å². The van der Waals surface area contributed by atoms with Crippen LogP contribution in [-0.4, -0.2) is 52.8 Å². The van der Waals surface area contributed by atoms with Crippen molar-refractivity contribution in [3.05, 3.63) is 68.1 Å². The van der Waals surface area contributed by atoms with Crippen LogP contribution in [0.25, 0.3) is 0 Å². The van der Waals surface area contributed by atoms with Gasteiger partial charge in [-0.2, -0.15) is 0 Å². The minimum absolute atomic E-state index is 0.00925. The lowest BCUT2D eigenvalue weighted by molar-refractivity contribution is -0.132. The Morgan fingerprint density at radius 1 is 1.13 bits per heavy atom. The highest BCUT2D eigenvalue weighted by Gasteiger charge is 2.23. The van der Waals surface area contributed by atoms with E-state index in [1.807, 2.05) is 11.4 Å². The van der Waals surface area contributed by atoms with Gasteiger partial charge in [0.1, 0.15) is 5.82 Å². The zero-order chi connectivity index (χ0) is 21.8. The third kappa shape index (κ3) is 5.48. The molecular formula is C21H20ClFN4O2S2. The minimum Gasteiger partial charge on any atom is -0.340 e. The number of nitrogens with zero attached hydrogens (tertiary/aromatic N) is 3. The topological polar surface area (TPSA) is 65.5 Å². The van der Waals surface area contributed by atoms with Crippen molar-refractivity contribution in [2.45, 2.75) is 13.0 Å². The van der Waals surface area contributed by atoms with Crippen molar-refractivity contribution in [1.29, 1.82) is 0 Å². The molecule has 0 saturated carbocycles. The van der Waals surface area contributed by atoms with E-state index in [9.17, 15) is 14.0 Å². The standard InChI is InChI=1S/C21H20ClFN4O2S2/c22-16-3-1-4-17(23)15(16)12-26-6-8-27(9-7-26)19(28)11-14-13-31-21(24-14)25-20(29)18-5-2-10-30-18/h1-5,10,13H,6-9,11-12H2,(H,24,25,29). The van der Waals surface area contributed by atoms with E-state index in [-0.39, 0.29) is 24.1 Å². The fourth-order valence-electron chi connectivity index (χ4n) is 3.34. The minimum atomic E-state index is -0.309. The summed E-state index contributed by atoms with van der Waals surface area (Å²) in [5.41, 5.74) is 1.13. The van der Waals surface area contributed by atoms with Gasteiger partial charge in [-0.3, -0.25) is 19.8 Å². The molecule has 1 aliphatic rings. The second-order valence-electron chi connectivity index (χ2n) is 7.11. The summed E-state index contributed by atoms with van der Waals surface area (Å²) in [6.07, 6.45) is 0.185. The van der Waals surface area contributed by atoms with Gasteiger partial charge in [0.05, 0.1) is 17.0 Å². The van der Waals surface area contributed by atoms with Crippen LogP contribution in [0.1, 0.15) is 20.9 Å². The molecule has 4 rings (SSSR count). The third-order valence-electron chi connectivity index (χ3n) is 5.02. The number of benzene rings is 1. The third-order valence-corrected chi connectivity index (χ3v) is 7.05. The van der Waals surface area contributed by atoms with Gasteiger partial charge in [-0.1, -0.05) is 23.7 Å². The van der Waals surface area contributed by atoms with Crippen LogP contribution in [0.3, 0.4) is 0 Å². The molecule has 0 radical (unpaired) electrons. The number of thiophene rings is 1. The van der Waals surface area contributed by atoms with Crippen LogP contribution in [0.5, 0.6) is 0 Å². The van der Waals surface area contributed by atoms with E-state index >= 15 is 0 Å². The molecule has 0 spiro atoms. The molecule has 3 aromatic rings. The summed E-state index contributed by atoms with van der Waals surface area (Å²) < 4.78 is 14.0. The SMILES string of the molecule is O=C(Nc1nc(CC(=O)N2CCN(Cc3c(F)cccc3Cl)CC2)cs1)c1cccs1. The van der Waals surface area contributed by atoms with Crippen LogP contribution in [0.15, 0.2) is 41.1 Å². The van der Waals surface area contributed by atoms with Gasteiger partial charge in [0, 0.05) is 48.7 Å².